The fraction of sp³-hybridized carbons (Fsp3) is 0.280. The van der Waals surface area contributed by atoms with Crippen LogP contribution in [0, 0.1) is 0 Å². The van der Waals surface area contributed by atoms with Crippen LogP contribution in [-0.2, 0) is 30.5 Å². The lowest BCUT2D eigenvalue weighted by molar-refractivity contribution is -0.134. The number of Topliss-reactive ketones (excluding diaryl/α,β-unsaturated/α-hetero) is 1. The fourth-order valence-corrected chi connectivity index (χ4v) is 3.70. The molecule has 0 saturated carbocycles. The van der Waals surface area contributed by atoms with Crippen LogP contribution in [0.15, 0.2) is 36.4 Å². The molecule has 3 rings (SSSR count). The predicted octanol–water partition coefficient (Wildman–Crippen LogP) is 1.90. The van der Waals surface area contributed by atoms with Crippen molar-refractivity contribution in [3.05, 3.63) is 53.1 Å². The molecule has 0 aromatic heterocycles. The molecule has 2 aromatic carbocycles. The second-order valence-corrected chi connectivity index (χ2v) is 7.98. The molecule has 0 spiro atoms. The zero-order valence-corrected chi connectivity index (χ0v) is 20.2. The maximum atomic E-state index is 12.9. The minimum Gasteiger partial charge on any atom is -0.465 e. The van der Waals surface area contributed by atoms with Crippen LogP contribution in [0.2, 0.25) is 0 Å². The van der Waals surface area contributed by atoms with Crippen LogP contribution >= 0.6 is 0 Å². The fourth-order valence-electron chi connectivity index (χ4n) is 3.70. The molecule has 0 aliphatic carbocycles. The Morgan fingerprint density at radius 1 is 0.806 bits per heavy atom. The summed E-state index contributed by atoms with van der Waals surface area (Å²) in [5.74, 6) is -3.95. The van der Waals surface area contributed by atoms with Crippen molar-refractivity contribution in [2.75, 3.05) is 25.1 Å². The van der Waals surface area contributed by atoms with Crippen molar-refractivity contribution in [2.45, 2.75) is 27.3 Å². The van der Waals surface area contributed by atoms with Gasteiger partial charge in [-0.15, -0.1) is 0 Å². The number of ketones is 1. The lowest BCUT2D eigenvalue weighted by Crippen LogP contribution is -2.53. The summed E-state index contributed by atoms with van der Waals surface area (Å²) >= 11 is 0. The third-order valence-corrected chi connectivity index (χ3v) is 5.23. The normalized spacial score (nSPS) is 13.8. The number of amides is 2. The third kappa shape index (κ3) is 5.81. The van der Waals surface area contributed by atoms with Crippen LogP contribution in [-0.4, -0.2) is 60.6 Å². The Kier molecular flexibility index (Phi) is 7.95. The number of benzene rings is 2. The largest absolute Gasteiger partial charge is 0.465 e. The van der Waals surface area contributed by atoms with Gasteiger partial charge in [-0.25, -0.2) is 9.69 Å². The molecule has 1 heterocycles. The summed E-state index contributed by atoms with van der Waals surface area (Å²) in [4.78, 5) is 75.4. The monoisotopic (exact) mass is 496 g/mol. The van der Waals surface area contributed by atoms with E-state index in [0.717, 1.165) is 25.9 Å². The maximum Gasteiger partial charge on any atom is 0.341 e. The highest BCUT2D eigenvalue weighted by Crippen LogP contribution is 2.37. The van der Waals surface area contributed by atoms with E-state index in [2.05, 4.69) is 0 Å². The molecular weight excluding hydrogens is 472 g/mol. The average molecular weight is 496 g/mol. The number of hydrogen-bond donors (Lipinski definition) is 0. The van der Waals surface area contributed by atoms with E-state index in [1.165, 1.54) is 48.2 Å². The van der Waals surface area contributed by atoms with Gasteiger partial charge in [0.25, 0.3) is 0 Å². The Morgan fingerprint density at radius 3 is 1.86 bits per heavy atom. The molecule has 2 amide bonds. The first kappa shape index (κ1) is 26.2. The first-order valence-corrected chi connectivity index (χ1v) is 10.8. The van der Waals surface area contributed by atoms with E-state index in [0.29, 0.717) is 16.8 Å². The lowest BCUT2D eigenvalue weighted by atomic mass is 10.1. The molecule has 1 aliphatic heterocycles. The number of imide groups is 1. The zero-order valence-electron chi connectivity index (χ0n) is 20.2. The number of anilines is 1. The Morgan fingerprint density at radius 2 is 1.36 bits per heavy atom. The van der Waals surface area contributed by atoms with Crippen molar-refractivity contribution in [2.24, 2.45) is 0 Å². The molecular formula is C25H24N2O9. The number of rotatable bonds is 7. The second kappa shape index (κ2) is 10.9. The van der Waals surface area contributed by atoms with Crippen LogP contribution in [0.5, 0.6) is 11.5 Å². The van der Waals surface area contributed by atoms with Gasteiger partial charge in [-0.1, -0.05) is 6.07 Å². The summed E-state index contributed by atoms with van der Waals surface area (Å²) in [6.07, 6.45) is 0. The maximum absolute atomic E-state index is 12.9. The first-order chi connectivity index (χ1) is 17.0. The van der Waals surface area contributed by atoms with Gasteiger partial charge in [0, 0.05) is 31.5 Å². The SMILES string of the molecule is COC(=O)c1ccc(CN2CC(=O)N(c3ccc(C(C)=O)cc3)C(=O)C2)c(OC(C)=O)c1OC(C)=O. The summed E-state index contributed by atoms with van der Waals surface area (Å²) in [6, 6.07) is 8.92. The highest BCUT2D eigenvalue weighted by Gasteiger charge is 2.33. The van der Waals surface area contributed by atoms with Gasteiger partial charge in [-0.2, -0.15) is 0 Å². The Labute approximate surface area is 206 Å². The minimum absolute atomic E-state index is 0.0348. The molecule has 0 bridgehead atoms. The quantitative estimate of drug-likeness (QED) is 0.242. The Hall–Kier alpha value is -4.38. The van der Waals surface area contributed by atoms with Crippen LogP contribution in [0.25, 0.3) is 0 Å². The number of methoxy groups -OCH3 is 1. The van der Waals surface area contributed by atoms with Gasteiger partial charge in [0.05, 0.1) is 25.9 Å². The molecule has 0 unspecified atom stereocenters. The molecule has 11 nitrogen and oxygen atoms in total. The van der Waals surface area contributed by atoms with E-state index >= 15 is 0 Å². The molecule has 36 heavy (non-hydrogen) atoms. The lowest BCUT2D eigenvalue weighted by Gasteiger charge is -2.33. The highest BCUT2D eigenvalue weighted by atomic mass is 16.6. The molecule has 2 aromatic rings. The second-order valence-electron chi connectivity index (χ2n) is 7.98. The number of piperazine rings is 1. The van der Waals surface area contributed by atoms with Crippen molar-refractivity contribution >= 4 is 41.2 Å². The number of esters is 3. The zero-order chi connectivity index (χ0) is 26.6. The molecule has 1 aliphatic rings. The summed E-state index contributed by atoms with van der Waals surface area (Å²) in [5, 5.41) is 0. The molecule has 0 N–H and O–H groups in total. The third-order valence-electron chi connectivity index (χ3n) is 5.23. The van der Waals surface area contributed by atoms with Gasteiger partial charge in [-0.3, -0.25) is 28.9 Å². The van der Waals surface area contributed by atoms with Crippen molar-refractivity contribution in [3.8, 4) is 11.5 Å². The Bertz CT molecular complexity index is 1230. The van der Waals surface area contributed by atoms with E-state index in [4.69, 9.17) is 14.2 Å². The predicted molar refractivity (Wildman–Crippen MR) is 125 cm³/mol. The first-order valence-electron chi connectivity index (χ1n) is 10.8. The van der Waals surface area contributed by atoms with Crippen molar-refractivity contribution in [3.63, 3.8) is 0 Å². The summed E-state index contributed by atoms with van der Waals surface area (Å²) in [6.45, 7) is 3.33. The van der Waals surface area contributed by atoms with Crippen LogP contribution in [0.4, 0.5) is 5.69 Å². The standard InChI is InChI=1S/C25H24N2O9/c1-14(28)17-5-8-19(9-6-17)27-21(31)12-26(13-22(27)32)11-18-7-10-20(25(33)34-4)24(36-16(3)30)23(18)35-15(2)29/h5-10H,11-13H2,1-4H3. The number of nitrogens with zero attached hydrogens (tertiary/aromatic N) is 2. The van der Waals surface area contributed by atoms with Crippen molar-refractivity contribution < 1.29 is 43.0 Å². The average Bonchev–Trinajstić information content (AvgIpc) is 2.80. The molecule has 1 fully saturated rings. The summed E-state index contributed by atoms with van der Waals surface area (Å²) in [7, 11) is 1.14. The smallest absolute Gasteiger partial charge is 0.341 e. The summed E-state index contributed by atoms with van der Waals surface area (Å²) < 4.78 is 15.2. The molecule has 0 radical (unpaired) electrons. The number of carbonyl (C=O) groups excluding carboxylic acids is 6. The number of carbonyl (C=O) groups is 6. The summed E-state index contributed by atoms with van der Waals surface area (Å²) in [5.41, 5.74) is 0.955. The van der Waals surface area contributed by atoms with E-state index in [-0.39, 0.29) is 42.5 Å². The van der Waals surface area contributed by atoms with E-state index in [1.807, 2.05) is 0 Å². The molecule has 11 heteroatoms. The highest BCUT2D eigenvalue weighted by molar-refractivity contribution is 6.17. The Balaban J connectivity index is 1.90. The number of hydrogen-bond acceptors (Lipinski definition) is 10. The van der Waals surface area contributed by atoms with E-state index < -0.39 is 29.7 Å². The topological polar surface area (TPSA) is 137 Å². The van der Waals surface area contributed by atoms with Crippen LogP contribution in [0.1, 0.15) is 47.1 Å². The van der Waals surface area contributed by atoms with Gasteiger partial charge in [0.2, 0.25) is 11.8 Å². The van der Waals surface area contributed by atoms with Crippen molar-refractivity contribution in [1.29, 1.82) is 0 Å². The van der Waals surface area contributed by atoms with Crippen LogP contribution in [0.3, 0.4) is 0 Å². The molecule has 0 atom stereocenters. The van der Waals surface area contributed by atoms with E-state index in [9.17, 15) is 28.8 Å². The minimum atomic E-state index is -0.819. The molecule has 1 saturated heterocycles. The van der Waals surface area contributed by atoms with Gasteiger partial charge in [0.1, 0.15) is 5.56 Å². The van der Waals surface area contributed by atoms with Gasteiger partial charge in [-0.05, 0) is 37.3 Å². The van der Waals surface area contributed by atoms with Crippen LogP contribution < -0.4 is 14.4 Å². The van der Waals surface area contributed by atoms with Gasteiger partial charge in [0.15, 0.2) is 17.3 Å². The van der Waals surface area contributed by atoms with E-state index in [1.54, 1.807) is 0 Å². The van der Waals surface area contributed by atoms with Gasteiger partial charge < -0.3 is 14.2 Å². The molecule has 188 valence electrons. The van der Waals surface area contributed by atoms with Gasteiger partial charge >= 0.3 is 17.9 Å². The van der Waals surface area contributed by atoms with Crippen molar-refractivity contribution in [1.82, 2.24) is 4.90 Å². The number of ether oxygens (including phenoxy) is 3.